The van der Waals surface area contributed by atoms with Crippen molar-refractivity contribution in [2.24, 2.45) is 7.05 Å². The normalized spacial score (nSPS) is 15.9. The summed E-state index contributed by atoms with van der Waals surface area (Å²) in [5.74, 6) is -4.20. The number of halogens is 3. The molecule has 1 amide bonds. The molecule has 9 heteroatoms. The van der Waals surface area contributed by atoms with Gasteiger partial charge in [0.25, 0.3) is 5.91 Å². The van der Waals surface area contributed by atoms with Crippen LogP contribution in [0.3, 0.4) is 0 Å². The Morgan fingerprint density at radius 3 is 2.56 bits per heavy atom. The van der Waals surface area contributed by atoms with Crippen molar-refractivity contribution in [2.45, 2.75) is 26.3 Å². The molecule has 0 saturated carbocycles. The minimum Gasteiger partial charge on any atom is -0.329 e. The number of aryl methyl sites for hydroxylation is 2. The molecule has 0 fully saturated rings. The zero-order chi connectivity index (χ0) is 22.7. The van der Waals surface area contributed by atoms with Crippen LogP contribution in [0.15, 0.2) is 36.5 Å². The van der Waals surface area contributed by atoms with E-state index in [1.165, 1.54) is 4.68 Å². The molecule has 0 N–H and O–H groups in total. The first-order chi connectivity index (χ1) is 15.3. The van der Waals surface area contributed by atoms with Crippen LogP contribution in [0.2, 0.25) is 0 Å². The Balaban J connectivity index is 1.53. The molecule has 6 nitrogen and oxygen atoms in total. The summed E-state index contributed by atoms with van der Waals surface area (Å²) < 4.78 is 44.5. The van der Waals surface area contributed by atoms with Gasteiger partial charge in [-0.2, -0.15) is 5.10 Å². The number of amides is 1. The molecule has 0 bridgehead atoms. The minimum atomic E-state index is -1.50. The third-order valence-corrected chi connectivity index (χ3v) is 6.13. The molecule has 0 radical (unpaired) electrons. The van der Waals surface area contributed by atoms with E-state index in [4.69, 9.17) is 0 Å². The largest absolute Gasteiger partial charge is 0.329 e. The molecule has 3 aromatic heterocycles. The number of aromatic nitrogens is 4. The first-order valence-electron chi connectivity index (χ1n) is 10.2. The molecule has 1 atom stereocenters. The van der Waals surface area contributed by atoms with Gasteiger partial charge in [0.05, 0.1) is 23.1 Å². The van der Waals surface area contributed by atoms with Gasteiger partial charge in [-0.05, 0) is 44.5 Å². The Kier molecular flexibility index (Phi) is 4.58. The lowest BCUT2D eigenvalue weighted by Crippen LogP contribution is -2.39. The lowest BCUT2D eigenvalue weighted by Gasteiger charge is -2.32. The average Bonchev–Trinajstić information content (AvgIpc) is 3.29. The molecule has 1 aliphatic heterocycles. The Hall–Kier alpha value is -3.62. The number of fused-ring (bicyclic) bond motifs is 2. The summed E-state index contributed by atoms with van der Waals surface area (Å²) in [6, 6.07) is 7.15. The Labute approximate surface area is 181 Å². The molecule has 0 spiro atoms. The number of hydrogen-bond donors (Lipinski definition) is 0. The molecule has 0 aliphatic carbocycles. The fourth-order valence-electron chi connectivity index (χ4n) is 4.53. The molecule has 4 heterocycles. The summed E-state index contributed by atoms with van der Waals surface area (Å²) in [6.45, 7) is 4.11. The maximum atomic E-state index is 13.8. The van der Waals surface area contributed by atoms with Crippen molar-refractivity contribution >= 4 is 11.6 Å². The summed E-state index contributed by atoms with van der Waals surface area (Å²) in [5, 5.41) is 4.54. The number of rotatable bonds is 2. The van der Waals surface area contributed by atoms with Crippen LogP contribution in [0.1, 0.15) is 40.4 Å². The van der Waals surface area contributed by atoms with Crippen molar-refractivity contribution in [3.63, 3.8) is 0 Å². The average molecular weight is 439 g/mol. The quantitative estimate of drug-likeness (QED) is 0.440. The summed E-state index contributed by atoms with van der Waals surface area (Å²) >= 11 is 0. The van der Waals surface area contributed by atoms with E-state index >= 15 is 0 Å². The summed E-state index contributed by atoms with van der Waals surface area (Å²) in [4.78, 5) is 19.6. The fraction of sp³-hybridized carbons (Fsp3) is 0.261. The zero-order valence-corrected chi connectivity index (χ0v) is 17.7. The number of pyridine rings is 1. The highest BCUT2D eigenvalue weighted by atomic mass is 19.2. The van der Waals surface area contributed by atoms with E-state index in [0.29, 0.717) is 35.7 Å². The summed E-state index contributed by atoms with van der Waals surface area (Å²) in [6.07, 6.45) is 2.31. The summed E-state index contributed by atoms with van der Waals surface area (Å²) in [5.41, 5.74) is 3.99. The van der Waals surface area contributed by atoms with E-state index < -0.39 is 17.5 Å². The second-order valence-corrected chi connectivity index (χ2v) is 7.99. The first kappa shape index (κ1) is 20.3. The van der Waals surface area contributed by atoms with E-state index in [2.05, 4.69) is 10.1 Å². The molecule has 1 aromatic carbocycles. The molecule has 164 valence electrons. The SMILES string of the molecule is Cc1c(C(=O)N2CCc3c(nn(C)c3-c3cc(F)c(F)c(F)c3)[C@@H]2C)nc2ccccn12. The van der Waals surface area contributed by atoms with Gasteiger partial charge >= 0.3 is 0 Å². The lowest BCUT2D eigenvalue weighted by atomic mass is 9.95. The van der Waals surface area contributed by atoms with Crippen LogP contribution in [-0.4, -0.2) is 36.5 Å². The Morgan fingerprint density at radius 2 is 1.88 bits per heavy atom. The van der Waals surface area contributed by atoms with Gasteiger partial charge in [0.2, 0.25) is 0 Å². The van der Waals surface area contributed by atoms with E-state index in [0.717, 1.165) is 23.4 Å². The maximum Gasteiger partial charge on any atom is 0.274 e. The van der Waals surface area contributed by atoms with Crippen molar-refractivity contribution in [3.8, 4) is 11.3 Å². The smallest absolute Gasteiger partial charge is 0.274 e. The van der Waals surface area contributed by atoms with Gasteiger partial charge < -0.3 is 9.30 Å². The predicted octanol–water partition coefficient (Wildman–Crippen LogP) is 4.22. The van der Waals surface area contributed by atoms with Crippen LogP contribution in [0.5, 0.6) is 0 Å². The topological polar surface area (TPSA) is 55.4 Å². The number of nitrogens with zero attached hydrogens (tertiary/aromatic N) is 5. The number of hydrogen-bond acceptors (Lipinski definition) is 3. The standard InChI is InChI=1S/C23H20F3N5O/c1-12-20-15(22(29(3)28-20)14-10-16(24)19(26)17(25)11-14)7-9-31(12)23(32)21-13(2)30-8-5-4-6-18(30)27-21/h4-6,8,10-12H,7,9H2,1-3H3/t12-/m0/s1. The molecule has 0 saturated heterocycles. The zero-order valence-electron chi connectivity index (χ0n) is 17.7. The highest BCUT2D eigenvalue weighted by Gasteiger charge is 2.35. The third kappa shape index (κ3) is 2.91. The van der Waals surface area contributed by atoms with Crippen LogP contribution in [0.4, 0.5) is 13.2 Å². The van der Waals surface area contributed by atoms with Gasteiger partial charge in [-0.1, -0.05) is 6.07 Å². The highest BCUT2D eigenvalue weighted by Crippen LogP contribution is 2.37. The number of carbonyl (C=O) groups is 1. The molecular formula is C23H20F3N5O. The van der Waals surface area contributed by atoms with Crippen LogP contribution < -0.4 is 0 Å². The summed E-state index contributed by atoms with van der Waals surface area (Å²) in [7, 11) is 1.66. The molecular weight excluding hydrogens is 419 g/mol. The monoisotopic (exact) mass is 439 g/mol. The molecule has 4 aromatic rings. The molecule has 0 unspecified atom stereocenters. The molecule has 5 rings (SSSR count). The number of benzene rings is 1. The van der Waals surface area contributed by atoms with Crippen molar-refractivity contribution in [1.82, 2.24) is 24.1 Å². The van der Waals surface area contributed by atoms with E-state index in [-0.39, 0.29) is 17.5 Å². The van der Waals surface area contributed by atoms with Gasteiger partial charge in [0.1, 0.15) is 11.3 Å². The minimum absolute atomic E-state index is 0.199. The van der Waals surface area contributed by atoms with Gasteiger partial charge in [-0.3, -0.25) is 9.48 Å². The van der Waals surface area contributed by atoms with Gasteiger partial charge in [0.15, 0.2) is 17.5 Å². The number of carbonyl (C=O) groups excluding carboxylic acids is 1. The second-order valence-electron chi connectivity index (χ2n) is 7.99. The van der Waals surface area contributed by atoms with Gasteiger partial charge in [-0.15, -0.1) is 0 Å². The third-order valence-electron chi connectivity index (χ3n) is 6.13. The van der Waals surface area contributed by atoms with Crippen molar-refractivity contribution in [3.05, 3.63) is 76.6 Å². The Bertz CT molecular complexity index is 1370. The van der Waals surface area contributed by atoms with Gasteiger partial charge in [-0.25, -0.2) is 18.2 Å². The Morgan fingerprint density at radius 1 is 1.16 bits per heavy atom. The second kappa shape index (κ2) is 7.22. The predicted molar refractivity (Wildman–Crippen MR) is 112 cm³/mol. The van der Waals surface area contributed by atoms with Crippen LogP contribution >= 0.6 is 0 Å². The molecule has 1 aliphatic rings. The lowest BCUT2D eigenvalue weighted by molar-refractivity contribution is 0.0667. The first-order valence-corrected chi connectivity index (χ1v) is 10.2. The molecule has 32 heavy (non-hydrogen) atoms. The van der Waals surface area contributed by atoms with E-state index in [1.54, 1.807) is 11.9 Å². The van der Waals surface area contributed by atoms with E-state index in [9.17, 15) is 18.0 Å². The number of imidazole rings is 1. The van der Waals surface area contributed by atoms with Crippen LogP contribution in [0.25, 0.3) is 16.9 Å². The van der Waals surface area contributed by atoms with Crippen molar-refractivity contribution < 1.29 is 18.0 Å². The van der Waals surface area contributed by atoms with E-state index in [1.807, 2.05) is 42.6 Å². The van der Waals surface area contributed by atoms with Crippen LogP contribution in [-0.2, 0) is 13.5 Å². The van der Waals surface area contributed by atoms with Crippen molar-refractivity contribution in [1.29, 1.82) is 0 Å². The van der Waals surface area contributed by atoms with Gasteiger partial charge in [0, 0.05) is 30.9 Å². The fourth-order valence-corrected chi connectivity index (χ4v) is 4.53. The highest BCUT2D eigenvalue weighted by molar-refractivity contribution is 5.95. The van der Waals surface area contributed by atoms with Crippen molar-refractivity contribution in [2.75, 3.05) is 6.54 Å². The van der Waals surface area contributed by atoms with Crippen LogP contribution in [0, 0.1) is 24.4 Å². The maximum absolute atomic E-state index is 13.8.